The van der Waals surface area contributed by atoms with Gasteiger partial charge in [-0.1, -0.05) is 43.5 Å². The number of aromatic amines is 1. The van der Waals surface area contributed by atoms with E-state index in [1.165, 1.54) is 51.5 Å². The number of nitro groups is 1. The first-order valence-electron chi connectivity index (χ1n) is 23.7. The maximum Gasteiger partial charge on any atom is 0.312 e. The third-order valence-electron chi connectivity index (χ3n) is 15.4. The fourth-order valence-electron chi connectivity index (χ4n) is 11.7. The largest absolute Gasteiger partial charge is 0.474 e. The molecule has 2 aromatic carbocycles. The van der Waals surface area contributed by atoms with Gasteiger partial charge >= 0.3 is 5.69 Å². The number of aromatic nitrogens is 3. The van der Waals surface area contributed by atoms with Crippen LogP contribution in [0.2, 0.25) is 0 Å². The fraction of sp³-hybridized carbons (Fsp3) is 0.490. The van der Waals surface area contributed by atoms with Crippen LogP contribution in [0.4, 0.5) is 28.6 Å². The number of ether oxygens (including phenoxy) is 1. The van der Waals surface area contributed by atoms with Gasteiger partial charge in [0.25, 0.3) is 15.9 Å². The second kappa shape index (κ2) is 16.9. The van der Waals surface area contributed by atoms with Crippen molar-refractivity contribution < 1.29 is 22.9 Å². The summed E-state index contributed by atoms with van der Waals surface area (Å²) in [6, 6.07) is 20.7. The third kappa shape index (κ3) is 8.17. The molecule has 0 bridgehead atoms. The Labute approximate surface area is 379 Å². The van der Waals surface area contributed by atoms with Crippen LogP contribution in [0.1, 0.15) is 117 Å². The van der Waals surface area contributed by atoms with Crippen LogP contribution in [-0.2, 0) is 10.0 Å². The molecule has 3 aliphatic carbocycles. The number of anilines is 4. The molecule has 3 aliphatic heterocycles. The predicted octanol–water partition coefficient (Wildman–Crippen LogP) is 8.97. The number of carbonyl (C=O) groups excluding carboxylic acids is 1. The van der Waals surface area contributed by atoms with E-state index in [-0.39, 0.29) is 11.4 Å². The molecule has 5 aromatic rings. The third-order valence-corrected chi connectivity index (χ3v) is 16.7. The van der Waals surface area contributed by atoms with Crippen molar-refractivity contribution in [3.8, 4) is 5.88 Å². The van der Waals surface area contributed by atoms with Gasteiger partial charge in [0.05, 0.1) is 28.9 Å². The van der Waals surface area contributed by atoms with Gasteiger partial charge in [0.1, 0.15) is 22.8 Å². The molecule has 16 heteroatoms. The number of fused-ring (bicyclic) bond motifs is 2. The van der Waals surface area contributed by atoms with Gasteiger partial charge in [0.15, 0.2) is 0 Å². The normalized spacial score (nSPS) is 21.5. The van der Waals surface area contributed by atoms with Gasteiger partial charge < -0.3 is 24.8 Å². The molecule has 0 unspecified atom stereocenters. The zero-order valence-electron chi connectivity index (χ0n) is 36.7. The quantitative estimate of drug-likeness (QED) is 0.0801. The standard InChI is InChI=1S/C49H57N9O6S/c59-47(54-65(62,63)37-27-43(58(60)61)46(52-31-37)51-30-32-7-2-1-3-8-32)40-15-14-35(26-42(40)57-23-24-64-48-44(57)25-34-16-19-50-45(34)53-48)55-21-17-49(18-22-55)28-36(29-49)56-20-6-11-41(56)39-10-5-4-9-38(39)33-12-13-33/h4-5,9-10,14-16,19,25-27,31-33,36,41H,1-3,6-8,11-13,17-18,20-24,28-30H2,(H,50,53)(H,51,52)(H,54,59)/t41-/m1/s1. The minimum Gasteiger partial charge on any atom is -0.474 e. The lowest BCUT2D eigenvalue weighted by Gasteiger charge is -2.56. The number of nitrogens with one attached hydrogen (secondary N) is 3. The first-order chi connectivity index (χ1) is 31.6. The summed E-state index contributed by atoms with van der Waals surface area (Å²) in [5, 5.41) is 16.1. The number of benzene rings is 2. The second-order valence-corrected chi connectivity index (χ2v) is 21.1. The Morgan fingerprint density at radius 2 is 1.71 bits per heavy atom. The number of hydrogen-bond donors (Lipinski definition) is 3. The molecule has 3 N–H and O–H groups in total. The Hall–Kier alpha value is -5.74. The molecule has 1 atom stereocenters. The van der Waals surface area contributed by atoms with Gasteiger partial charge in [0.2, 0.25) is 11.7 Å². The van der Waals surface area contributed by atoms with E-state index in [1.54, 1.807) is 17.2 Å². The molecule has 1 amide bonds. The first-order valence-corrected chi connectivity index (χ1v) is 25.2. The van der Waals surface area contributed by atoms with Gasteiger partial charge in [-0.15, -0.1) is 0 Å². The highest BCUT2D eigenvalue weighted by Crippen LogP contribution is 2.55. The van der Waals surface area contributed by atoms with Crippen LogP contribution in [-0.4, -0.2) is 84.5 Å². The van der Waals surface area contributed by atoms with Crippen molar-refractivity contribution in [1.82, 2.24) is 24.6 Å². The molecule has 340 valence electrons. The van der Waals surface area contributed by atoms with Crippen molar-refractivity contribution in [1.29, 1.82) is 0 Å². The maximum absolute atomic E-state index is 14.3. The van der Waals surface area contributed by atoms with Crippen LogP contribution in [0, 0.1) is 21.4 Å². The van der Waals surface area contributed by atoms with Crippen LogP contribution in [0.25, 0.3) is 11.0 Å². The van der Waals surface area contributed by atoms with E-state index >= 15 is 0 Å². The molecule has 3 aromatic heterocycles. The van der Waals surface area contributed by atoms with Crippen LogP contribution in [0.3, 0.4) is 0 Å². The Morgan fingerprint density at radius 1 is 0.908 bits per heavy atom. The van der Waals surface area contributed by atoms with Crippen molar-refractivity contribution in [2.45, 2.75) is 106 Å². The number of carbonyl (C=O) groups is 1. The summed E-state index contributed by atoms with van der Waals surface area (Å²) < 4.78 is 36.0. The number of H-pyrrole nitrogens is 1. The van der Waals surface area contributed by atoms with Crippen LogP contribution in [0.5, 0.6) is 5.88 Å². The van der Waals surface area contributed by atoms with Gasteiger partial charge in [-0.2, -0.15) is 4.98 Å². The van der Waals surface area contributed by atoms with Crippen molar-refractivity contribution in [2.24, 2.45) is 11.3 Å². The summed E-state index contributed by atoms with van der Waals surface area (Å²) in [5.41, 5.74) is 5.92. The van der Waals surface area contributed by atoms with Crippen LogP contribution < -0.4 is 24.6 Å². The topological polar surface area (TPSA) is 179 Å². The van der Waals surface area contributed by atoms with Gasteiger partial charge in [0, 0.05) is 55.1 Å². The molecular weight excluding hydrogens is 843 g/mol. The Morgan fingerprint density at radius 3 is 2.49 bits per heavy atom. The lowest BCUT2D eigenvalue weighted by molar-refractivity contribution is -0.384. The Balaban J connectivity index is 0.830. The molecule has 6 aliphatic rings. The molecule has 6 heterocycles. The van der Waals surface area contributed by atoms with Crippen LogP contribution in [0.15, 0.2) is 78.0 Å². The average Bonchev–Trinajstić information content (AvgIpc) is 3.87. The lowest BCUT2D eigenvalue weighted by atomic mass is 9.59. The number of pyridine rings is 2. The smallest absolute Gasteiger partial charge is 0.312 e. The summed E-state index contributed by atoms with van der Waals surface area (Å²) in [4.78, 5) is 44.6. The van der Waals surface area contributed by atoms with Gasteiger partial charge in [-0.3, -0.25) is 19.8 Å². The lowest BCUT2D eigenvalue weighted by Crippen LogP contribution is -2.55. The second-order valence-electron chi connectivity index (χ2n) is 19.4. The van der Waals surface area contributed by atoms with Crippen LogP contribution >= 0.6 is 0 Å². The van der Waals surface area contributed by atoms with E-state index < -0.39 is 31.4 Å². The maximum atomic E-state index is 14.3. The molecule has 3 saturated carbocycles. The number of hydrogen-bond acceptors (Lipinski definition) is 12. The molecule has 1 spiro atoms. The van der Waals surface area contributed by atoms with E-state index in [2.05, 4.69) is 54.1 Å². The predicted molar refractivity (Wildman–Crippen MR) is 250 cm³/mol. The first kappa shape index (κ1) is 41.9. The number of sulfonamides is 1. The van der Waals surface area contributed by atoms with E-state index in [9.17, 15) is 23.3 Å². The zero-order valence-corrected chi connectivity index (χ0v) is 37.5. The van der Waals surface area contributed by atoms with Crippen molar-refractivity contribution >= 4 is 55.5 Å². The van der Waals surface area contributed by atoms with Gasteiger partial charge in [-0.25, -0.2) is 18.1 Å². The van der Waals surface area contributed by atoms with E-state index in [4.69, 9.17) is 9.72 Å². The fourth-order valence-corrected chi connectivity index (χ4v) is 12.6. The summed E-state index contributed by atoms with van der Waals surface area (Å²) in [6.07, 6.45) is 18.1. The van der Waals surface area contributed by atoms with Gasteiger partial charge in [-0.05, 0) is 129 Å². The summed E-state index contributed by atoms with van der Waals surface area (Å²) in [7, 11) is -4.59. The molecule has 11 rings (SSSR count). The van der Waals surface area contributed by atoms with Crippen molar-refractivity contribution in [3.63, 3.8) is 0 Å². The molecule has 15 nitrogen and oxygen atoms in total. The van der Waals surface area contributed by atoms with Crippen molar-refractivity contribution in [3.05, 3.63) is 99.9 Å². The monoisotopic (exact) mass is 899 g/mol. The number of amides is 1. The minimum absolute atomic E-state index is 0.00568. The average molecular weight is 900 g/mol. The summed E-state index contributed by atoms with van der Waals surface area (Å²) in [6.45, 7) is 4.13. The number of piperidine rings is 1. The number of likely N-dealkylation sites (tertiary alicyclic amines) is 1. The number of nitrogens with zero attached hydrogens (tertiary/aromatic N) is 6. The Kier molecular flexibility index (Phi) is 10.9. The highest BCUT2D eigenvalue weighted by Gasteiger charge is 2.50. The van der Waals surface area contributed by atoms with E-state index in [0.29, 0.717) is 66.0 Å². The van der Waals surface area contributed by atoms with Crippen molar-refractivity contribution in [2.75, 3.05) is 54.4 Å². The van der Waals surface area contributed by atoms with E-state index in [1.807, 2.05) is 35.4 Å². The minimum atomic E-state index is -4.59. The number of rotatable bonds is 12. The van der Waals surface area contributed by atoms with E-state index in [0.717, 1.165) is 80.9 Å². The summed E-state index contributed by atoms with van der Waals surface area (Å²) >= 11 is 0. The molecule has 5 fully saturated rings. The summed E-state index contributed by atoms with van der Waals surface area (Å²) in [5.74, 6) is 0.660. The molecule has 65 heavy (non-hydrogen) atoms. The molecule has 2 saturated heterocycles. The zero-order chi connectivity index (χ0) is 44.3. The molecule has 0 radical (unpaired) electrons. The highest BCUT2D eigenvalue weighted by molar-refractivity contribution is 7.90. The SMILES string of the molecule is O=C(NS(=O)(=O)c1cnc(NCC2CCCCC2)c([N+](=O)[O-])c1)c1ccc(N2CCC3(CC2)CC(N2CCC[C@@H]2c2ccccc2C2CC2)C3)cc1N1CCOc2nc3[nH]ccc3cc21. The highest BCUT2D eigenvalue weighted by atomic mass is 32.2. The molecular formula is C49H57N9O6S. The Bertz CT molecular complexity index is 2740.